The fourth-order valence-corrected chi connectivity index (χ4v) is 2.63. The molecule has 1 heterocycles. The number of carbonyl (C=O) groups is 1. The van der Waals surface area contributed by atoms with Crippen molar-refractivity contribution in [3.05, 3.63) is 47.6 Å². The number of amides is 1. The first kappa shape index (κ1) is 17.2. The lowest BCUT2D eigenvalue weighted by Gasteiger charge is -2.27. The molecule has 0 aliphatic carbocycles. The van der Waals surface area contributed by atoms with Crippen LogP contribution in [0.1, 0.15) is 50.4 Å². The average molecular weight is 315 g/mol. The molecule has 5 nitrogen and oxygen atoms in total. The molecule has 0 aliphatic heterocycles. The third-order valence-corrected chi connectivity index (χ3v) is 4.21. The number of hydrogen-bond donors (Lipinski definition) is 0. The molecule has 0 unspecified atom stereocenters. The van der Waals surface area contributed by atoms with Gasteiger partial charge in [0.15, 0.2) is 5.82 Å². The number of hydrogen-bond acceptors (Lipinski definition) is 4. The van der Waals surface area contributed by atoms with Crippen LogP contribution >= 0.6 is 0 Å². The molecule has 0 radical (unpaired) electrons. The van der Waals surface area contributed by atoms with E-state index < -0.39 is 0 Å². The summed E-state index contributed by atoms with van der Waals surface area (Å²) in [7, 11) is 1.79. The Balaban J connectivity index is 2.16. The van der Waals surface area contributed by atoms with Gasteiger partial charge in [-0.15, -0.1) is 0 Å². The number of aryl methyl sites for hydroxylation is 1. The van der Waals surface area contributed by atoms with Gasteiger partial charge in [0.05, 0.1) is 12.5 Å². The van der Waals surface area contributed by atoms with Crippen molar-refractivity contribution in [2.45, 2.75) is 46.1 Å². The normalized spacial score (nSPS) is 13.6. The van der Waals surface area contributed by atoms with E-state index in [1.54, 1.807) is 11.9 Å². The van der Waals surface area contributed by atoms with Gasteiger partial charge in [-0.2, -0.15) is 4.98 Å². The maximum absolute atomic E-state index is 13.0. The van der Waals surface area contributed by atoms with Gasteiger partial charge in [-0.05, 0) is 11.5 Å². The summed E-state index contributed by atoms with van der Waals surface area (Å²) in [4.78, 5) is 18.9. The van der Waals surface area contributed by atoms with Crippen LogP contribution in [0.15, 0.2) is 34.9 Å². The first-order valence-corrected chi connectivity index (χ1v) is 8.18. The van der Waals surface area contributed by atoms with Gasteiger partial charge in [0, 0.05) is 13.5 Å². The summed E-state index contributed by atoms with van der Waals surface area (Å²) in [5.41, 5.74) is 1.05. The molecule has 23 heavy (non-hydrogen) atoms. The van der Waals surface area contributed by atoms with E-state index in [2.05, 4.69) is 24.0 Å². The van der Waals surface area contributed by atoms with Crippen molar-refractivity contribution in [1.82, 2.24) is 15.0 Å². The quantitative estimate of drug-likeness (QED) is 0.785. The van der Waals surface area contributed by atoms with Gasteiger partial charge < -0.3 is 9.42 Å². The van der Waals surface area contributed by atoms with Gasteiger partial charge in [-0.25, -0.2) is 0 Å². The van der Waals surface area contributed by atoms with E-state index in [0.717, 1.165) is 18.4 Å². The van der Waals surface area contributed by atoms with Gasteiger partial charge in [0.1, 0.15) is 0 Å². The third kappa shape index (κ3) is 4.18. The van der Waals surface area contributed by atoms with Crippen LogP contribution in [0.5, 0.6) is 0 Å². The second kappa shape index (κ2) is 7.90. The zero-order valence-electron chi connectivity index (χ0n) is 14.3. The molecule has 2 rings (SSSR count). The van der Waals surface area contributed by atoms with Gasteiger partial charge in [-0.1, -0.05) is 62.7 Å². The van der Waals surface area contributed by atoms with Gasteiger partial charge in [-0.3, -0.25) is 4.79 Å². The van der Waals surface area contributed by atoms with Crippen LogP contribution in [0.2, 0.25) is 0 Å². The van der Waals surface area contributed by atoms with E-state index in [-0.39, 0.29) is 17.7 Å². The molecule has 1 amide bonds. The van der Waals surface area contributed by atoms with E-state index in [1.807, 2.05) is 37.3 Å². The topological polar surface area (TPSA) is 59.2 Å². The molecule has 0 fully saturated rings. The van der Waals surface area contributed by atoms with Crippen LogP contribution in [0.4, 0.5) is 0 Å². The number of likely N-dealkylation sites (N-methyl/N-ethyl adjacent to an activating group) is 1. The van der Waals surface area contributed by atoms with Crippen LogP contribution in [0.25, 0.3) is 0 Å². The minimum Gasteiger partial charge on any atom is -0.337 e. The highest BCUT2D eigenvalue weighted by Gasteiger charge is 2.29. The Labute approximate surface area is 137 Å². The number of aromatic nitrogens is 2. The highest BCUT2D eigenvalue weighted by molar-refractivity contribution is 5.83. The van der Waals surface area contributed by atoms with Gasteiger partial charge in [0.25, 0.3) is 0 Å². The van der Waals surface area contributed by atoms with Gasteiger partial charge >= 0.3 is 0 Å². The van der Waals surface area contributed by atoms with Crippen LogP contribution in [-0.4, -0.2) is 28.0 Å². The predicted molar refractivity (Wildman–Crippen MR) is 88.8 cm³/mol. The first-order valence-electron chi connectivity index (χ1n) is 8.18. The number of rotatable bonds is 7. The summed E-state index contributed by atoms with van der Waals surface area (Å²) >= 11 is 0. The van der Waals surface area contributed by atoms with Crippen LogP contribution in [0, 0.1) is 5.92 Å². The van der Waals surface area contributed by atoms with E-state index in [0.29, 0.717) is 18.3 Å². The molecule has 0 bridgehead atoms. The highest BCUT2D eigenvalue weighted by atomic mass is 16.5. The molecule has 2 aromatic rings. The van der Waals surface area contributed by atoms with Crippen LogP contribution in [0.3, 0.4) is 0 Å². The highest BCUT2D eigenvalue weighted by Crippen LogP contribution is 2.29. The fraction of sp³-hybridized carbons (Fsp3) is 0.500. The molecule has 1 aromatic heterocycles. The lowest BCUT2D eigenvalue weighted by atomic mass is 9.84. The van der Waals surface area contributed by atoms with Crippen LogP contribution < -0.4 is 0 Å². The Bertz CT molecular complexity index is 624. The SMILES string of the molecule is CCc1noc(CN(C)C(=O)[C@@H](c2ccccc2)[C@@H](C)CC)n1. The summed E-state index contributed by atoms with van der Waals surface area (Å²) in [5.74, 6) is 1.35. The third-order valence-electron chi connectivity index (χ3n) is 4.21. The van der Waals surface area contributed by atoms with Crippen LogP contribution in [-0.2, 0) is 17.8 Å². The molecule has 124 valence electrons. The van der Waals surface area contributed by atoms with Crippen molar-refractivity contribution >= 4 is 5.91 Å². The molecule has 1 aromatic carbocycles. The molecular formula is C18H25N3O2. The van der Waals surface area contributed by atoms with Crippen molar-refractivity contribution < 1.29 is 9.32 Å². The summed E-state index contributed by atoms with van der Waals surface area (Å²) in [6.07, 6.45) is 1.67. The number of carbonyl (C=O) groups excluding carboxylic acids is 1. The maximum atomic E-state index is 13.0. The Morgan fingerprint density at radius 3 is 2.52 bits per heavy atom. The summed E-state index contributed by atoms with van der Waals surface area (Å²) in [6.45, 7) is 6.54. The van der Waals surface area contributed by atoms with Crippen molar-refractivity contribution in [2.24, 2.45) is 5.92 Å². The van der Waals surface area contributed by atoms with E-state index in [1.165, 1.54) is 0 Å². The summed E-state index contributed by atoms with van der Waals surface area (Å²) < 4.78 is 5.19. The van der Waals surface area contributed by atoms with Crippen molar-refractivity contribution in [3.8, 4) is 0 Å². The molecule has 0 spiro atoms. The molecule has 0 saturated heterocycles. The Kier molecular flexibility index (Phi) is 5.90. The van der Waals surface area contributed by atoms with E-state index in [9.17, 15) is 4.79 Å². The monoisotopic (exact) mass is 315 g/mol. The summed E-state index contributed by atoms with van der Waals surface area (Å²) in [6, 6.07) is 9.96. The largest absolute Gasteiger partial charge is 0.337 e. The standard InChI is InChI=1S/C18H25N3O2/c1-5-13(3)17(14-10-8-7-9-11-14)18(22)21(4)12-16-19-15(6-2)20-23-16/h7-11,13,17H,5-6,12H2,1-4H3/t13-,17+/m0/s1. The summed E-state index contributed by atoms with van der Waals surface area (Å²) in [5, 5.41) is 3.88. The molecule has 0 N–H and O–H groups in total. The van der Waals surface area contributed by atoms with Crippen molar-refractivity contribution in [1.29, 1.82) is 0 Å². The second-order valence-corrected chi connectivity index (χ2v) is 5.93. The Hall–Kier alpha value is -2.17. The minimum absolute atomic E-state index is 0.0850. The number of nitrogens with zero attached hydrogens (tertiary/aromatic N) is 3. The second-order valence-electron chi connectivity index (χ2n) is 5.93. The first-order chi connectivity index (χ1) is 11.1. The lowest BCUT2D eigenvalue weighted by Crippen LogP contribution is -2.34. The van der Waals surface area contributed by atoms with E-state index >= 15 is 0 Å². The molecule has 0 aliphatic rings. The predicted octanol–water partition coefficient (Wildman–Crippen LogP) is 3.42. The van der Waals surface area contributed by atoms with E-state index in [4.69, 9.17) is 4.52 Å². The molecular weight excluding hydrogens is 290 g/mol. The Morgan fingerprint density at radius 1 is 1.26 bits per heavy atom. The maximum Gasteiger partial charge on any atom is 0.246 e. The fourth-order valence-electron chi connectivity index (χ4n) is 2.63. The average Bonchev–Trinajstić information content (AvgIpc) is 3.03. The Morgan fingerprint density at radius 2 is 1.96 bits per heavy atom. The smallest absolute Gasteiger partial charge is 0.246 e. The zero-order chi connectivity index (χ0) is 16.8. The molecule has 2 atom stereocenters. The van der Waals surface area contributed by atoms with Gasteiger partial charge in [0.2, 0.25) is 11.8 Å². The number of benzene rings is 1. The zero-order valence-corrected chi connectivity index (χ0v) is 14.3. The van der Waals surface area contributed by atoms with Crippen molar-refractivity contribution in [3.63, 3.8) is 0 Å². The molecule has 5 heteroatoms. The lowest BCUT2D eigenvalue weighted by molar-refractivity contribution is -0.133. The van der Waals surface area contributed by atoms with Crippen molar-refractivity contribution in [2.75, 3.05) is 7.05 Å². The molecule has 0 saturated carbocycles. The minimum atomic E-state index is -0.153.